The Morgan fingerprint density at radius 2 is 1.68 bits per heavy atom. The first-order valence-corrected chi connectivity index (χ1v) is 13.8. The van der Waals surface area contributed by atoms with Crippen molar-refractivity contribution in [2.24, 2.45) is 0 Å². The number of likely N-dealkylation sites (N-methyl/N-ethyl adjacent to an activating group) is 1. The molecular formula is C27H29ClFN3O4S. The minimum atomic E-state index is -3.91. The monoisotopic (exact) mass is 545 g/mol. The molecule has 37 heavy (non-hydrogen) atoms. The van der Waals surface area contributed by atoms with Gasteiger partial charge in [0.1, 0.15) is 18.4 Å². The number of nitrogens with zero attached hydrogens (tertiary/aromatic N) is 2. The molecule has 0 saturated heterocycles. The summed E-state index contributed by atoms with van der Waals surface area (Å²) in [6, 6.07) is 18.7. The lowest BCUT2D eigenvalue weighted by Crippen LogP contribution is -2.53. The van der Waals surface area contributed by atoms with Crippen molar-refractivity contribution in [1.82, 2.24) is 10.2 Å². The Morgan fingerprint density at radius 3 is 2.27 bits per heavy atom. The lowest BCUT2D eigenvalue weighted by atomic mass is 10.0. The second-order valence-electron chi connectivity index (χ2n) is 8.63. The SMILES string of the molecule is CNC(=O)[C@H](Cc1ccccc1)N(Cc1ccccc1F)C(=O)CN(c1ccc(Cl)cc1C)S(C)(=O)=O. The van der Waals surface area contributed by atoms with E-state index in [1.807, 2.05) is 30.3 Å². The van der Waals surface area contributed by atoms with Crippen LogP contribution in [0.5, 0.6) is 0 Å². The van der Waals surface area contributed by atoms with E-state index in [1.165, 1.54) is 42.3 Å². The van der Waals surface area contributed by atoms with Gasteiger partial charge in [0.05, 0.1) is 11.9 Å². The Morgan fingerprint density at radius 1 is 1.03 bits per heavy atom. The average Bonchev–Trinajstić information content (AvgIpc) is 2.85. The van der Waals surface area contributed by atoms with Gasteiger partial charge in [0.15, 0.2) is 0 Å². The maximum atomic E-state index is 14.6. The number of anilines is 1. The number of carbonyl (C=O) groups excluding carboxylic acids is 2. The molecule has 3 aromatic rings. The van der Waals surface area contributed by atoms with Crippen LogP contribution in [0.15, 0.2) is 72.8 Å². The second-order valence-corrected chi connectivity index (χ2v) is 11.0. The maximum Gasteiger partial charge on any atom is 0.244 e. The number of hydrogen-bond donors (Lipinski definition) is 1. The van der Waals surface area contributed by atoms with E-state index in [0.717, 1.165) is 16.1 Å². The zero-order chi connectivity index (χ0) is 27.2. The predicted molar refractivity (Wildman–Crippen MR) is 143 cm³/mol. The number of hydrogen-bond acceptors (Lipinski definition) is 4. The van der Waals surface area contributed by atoms with Gasteiger partial charge in [0, 0.05) is 30.6 Å². The molecule has 10 heteroatoms. The molecule has 0 bridgehead atoms. The van der Waals surface area contributed by atoms with E-state index in [2.05, 4.69) is 5.32 Å². The van der Waals surface area contributed by atoms with Crippen LogP contribution in [0.3, 0.4) is 0 Å². The molecule has 3 rings (SSSR count). The first-order valence-electron chi connectivity index (χ1n) is 11.5. The summed E-state index contributed by atoms with van der Waals surface area (Å²) in [4.78, 5) is 28.1. The largest absolute Gasteiger partial charge is 0.357 e. The normalized spacial score (nSPS) is 12.0. The van der Waals surface area contributed by atoms with Gasteiger partial charge < -0.3 is 10.2 Å². The summed E-state index contributed by atoms with van der Waals surface area (Å²) in [5.74, 6) is -1.65. The lowest BCUT2D eigenvalue weighted by Gasteiger charge is -2.33. The third-order valence-corrected chi connectivity index (χ3v) is 7.28. The van der Waals surface area contributed by atoms with Crippen molar-refractivity contribution in [2.75, 3.05) is 24.2 Å². The minimum Gasteiger partial charge on any atom is -0.357 e. The van der Waals surface area contributed by atoms with Crippen LogP contribution in [0.1, 0.15) is 16.7 Å². The topological polar surface area (TPSA) is 86.8 Å². The molecule has 0 saturated carbocycles. The zero-order valence-electron chi connectivity index (χ0n) is 20.8. The highest BCUT2D eigenvalue weighted by molar-refractivity contribution is 7.92. The molecule has 0 unspecified atom stereocenters. The molecule has 7 nitrogen and oxygen atoms in total. The molecule has 2 amide bonds. The molecule has 3 aromatic carbocycles. The second kappa shape index (κ2) is 12.2. The van der Waals surface area contributed by atoms with E-state index in [-0.39, 0.29) is 24.2 Å². The van der Waals surface area contributed by atoms with E-state index in [9.17, 15) is 22.4 Å². The predicted octanol–water partition coefficient (Wildman–Crippen LogP) is 3.94. The van der Waals surface area contributed by atoms with Crippen LogP contribution in [-0.4, -0.2) is 51.0 Å². The Bertz CT molecular complexity index is 1370. The summed E-state index contributed by atoms with van der Waals surface area (Å²) in [5, 5.41) is 3.00. The fraction of sp³-hybridized carbons (Fsp3) is 0.259. The number of sulfonamides is 1. The van der Waals surface area contributed by atoms with Crippen LogP contribution < -0.4 is 9.62 Å². The molecule has 0 heterocycles. The Kier molecular flexibility index (Phi) is 9.29. The van der Waals surface area contributed by atoms with Gasteiger partial charge in [-0.25, -0.2) is 12.8 Å². The first kappa shape index (κ1) is 28.1. The molecule has 0 aliphatic rings. The van der Waals surface area contributed by atoms with Gasteiger partial charge in [-0.3, -0.25) is 13.9 Å². The fourth-order valence-electron chi connectivity index (χ4n) is 4.02. The maximum absolute atomic E-state index is 14.6. The van der Waals surface area contributed by atoms with Crippen molar-refractivity contribution >= 4 is 39.1 Å². The Hall–Kier alpha value is -3.43. The van der Waals surface area contributed by atoms with E-state index in [4.69, 9.17) is 11.6 Å². The van der Waals surface area contributed by atoms with Crippen molar-refractivity contribution in [1.29, 1.82) is 0 Å². The quantitative estimate of drug-likeness (QED) is 0.418. The highest BCUT2D eigenvalue weighted by atomic mass is 35.5. The molecule has 0 spiro atoms. The minimum absolute atomic E-state index is 0.152. The molecule has 196 valence electrons. The standard InChI is InChI=1S/C27H29ClFN3O4S/c1-19-15-22(28)13-14-24(19)32(37(3,35)36)18-26(33)31(17-21-11-7-8-12-23(21)29)25(27(34)30-2)16-20-9-5-4-6-10-20/h4-15,25H,16-18H2,1-3H3,(H,30,34)/t25-/m0/s1. The first-order chi connectivity index (χ1) is 17.5. The molecule has 1 atom stereocenters. The van der Waals surface area contributed by atoms with Gasteiger partial charge in [-0.2, -0.15) is 0 Å². The van der Waals surface area contributed by atoms with E-state index < -0.39 is 40.2 Å². The molecule has 0 aliphatic carbocycles. The number of benzene rings is 3. The molecule has 0 aromatic heterocycles. The van der Waals surface area contributed by atoms with Gasteiger partial charge in [-0.15, -0.1) is 0 Å². The number of amides is 2. The molecular weight excluding hydrogens is 517 g/mol. The smallest absolute Gasteiger partial charge is 0.244 e. The zero-order valence-corrected chi connectivity index (χ0v) is 22.4. The van der Waals surface area contributed by atoms with Gasteiger partial charge >= 0.3 is 0 Å². The van der Waals surface area contributed by atoms with Gasteiger partial charge in [0.2, 0.25) is 21.8 Å². The highest BCUT2D eigenvalue weighted by Gasteiger charge is 2.33. The van der Waals surface area contributed by atoms with Crippen LogP contribution >= 0.6 is 11.6 Å². The van der Waals surface area contributed by atoms with E-state index in [1.54, 1.807) is 19.1 Å². The number of carbonyl (C=O) groups is 2. The van der Waals surface area contributed by atoms with Crippen LogP contribution in [0.2, 0.25) is 5.02 Å². The summed E-state index contributed by atoms with van der Waals surface area (Å²) in [6.07, 6.45) is 1.15. The fourth-order valence-corrected chi connectivity index (χ4v) is 5.16. The summed E-state index contributed by atoms with van der Waals surface area (Å²) in [5.41, 5.74) is 1.83. The van der Waals surface area contributed by atoms with Gasteiger partial charge in [-0.05, 0) is 42.3 Å². The third kappa shape index (κ3) is 7.30. The lowest BCUT2D eigenvalue weighted by molar-refractivity contribution is -0.139. The van der Waals surface area contributed by atoms with Crippen molar-refractivity contribution in [3.05, 3.63) is 100 Å². The van der Waals surface area contributed by atoms with E-state index >= 15 is 0 Å². The van der Waals surface area contributed by atoms with Crippen molar-refractivity contribution in [3.8, 4) is 0 Å². The van der Waals surface area contributed by atoms with Crippen LogP contribution in [0.4, 0.5) is 10.1 Å². The Balaban J connectivity index is 2.06. The molecule has 0 fully saturated rings. The van der Waals surface area contributed by atoms with Crippen molar-refractivity contribution in [3.63, 3.8) is 0 Å². The Labute approximate surface area is 221 Å². The molecule has 0 aliphatic heterocycles. The summed E-state index contributed by atoms with van der Waals surface area (Å²) in [7, 11) is -2.45. The number of rotatable bonds is 10. The average molecular weight is 546 g/mol. The number of nitrogens with one attached hydrogen (secondary N) is 1. The van der Waals surface area contributed by atoms with Crippen LogP contribution in [0.25, 0.3) is 0 Å². The van der Waals surface area contributed by atoms with Crippen molar-refractivity contribution in [2.45, 2.75) is 25.9 Å². The highest BCUT2D eigenvalue weighted by Crippen LogP contribution is 2.26. The third-order valence-electron chi connectivity index (χ3n) is 5.92. The van der Waals surface area contributed by atoms with Crippen molar-refractivity contribution < 1.29 is 22.4 Å². The molecule has 0 radical (unpaired) electrons. The van der Waals surface area contributed by atoms with E-state index in [0.29, 0.717) is 10.6 Å². The molecule has 1 N–H and O–H groups in total. The summed E-state index contributed by atoms with van der Waals surface area (Å²) in [6.45, 7) is 0.870. The van der Waals surface area contributed by atoms with Gasteiger partial charge in [0.25, 0.3) is 0 Å². The summed E-state index contributed by atoms with van der Waals surface area (Å²) < 4.78 is 41.2. The van der Waals surface area contributed by atoms with Gasteiger partial charge in [-0.1, -0.05) is 60.1 Å². The number of aryl methyl sites for hydroxylation is 1. The van der Waals surface area contributed by atoms with Crippen LogP contribution in [0, 0.1) is 12.7 Å². The number of halogens is 2. The van der Waals surface area contributed by atoms with Crippen LogP contribution in [-0.2, 0) is 32.6 Å². The summed E-state index contributed by atoms with van der Waals surface area (Å²) >= 11 is 6.04.